The number of aliphatic hydroxyl groups is 1. The summed E-state index contributed by atoms with van der Waals surface area (Å²) < 4.78 is 0. The summed E-state index contributed by atoms with van der Waals surface area (Å²) in [6, 6.07) is 9.40. The molecule has 1 heterocycles. The second-order valence-corrected chi connectivity index (χ2v) is 5.58. The molecular weight excluding hydrogens is 322 g/mol. The van der Waals surface area contributed by atoms with Gasteiger partial charge in [0.05, 0.1) is 6.10 Å². The van der Waals surface area contributed by atoms with Gasteiger partial charge in [-0.2, -0.15) is 0 Å². The van der Waals surface area contributed by atoms with Crippen LogP contribution in [0.4, 0.5) is 0 Å². The first-order valence-corrected chi connectivity index (χ1v) is 7.85. The molecule has 0 bridgehead atoms. The molecule has 0 amide bonds. The number of hydrogen-bond acceptors (Lipinski definition) is 6. The van der Waals surface area contributed by atoms with Gasteiger partial charge >= 0.3 is 0 Å². The normalized spacial score (nSPS) is 11.8. The molecule has 1 aromatic heterocycles. The molecule has 0 aliphatic heterocycles. The minimum Gasteiger partial charge on any atom is -0.508 e. The van der Waals surface area contributed by atoms with Gasteiger partial charge in [0.15, 0.2) is 11.5 Å². The minimum atomic E-state index is -0.795. The minimum absolute atomic E-state index is 0.0875. The Kier molecular flexibility index (Phi) is 6.24. The average molecular weight is 345 g/mol. The first-order valence-electron chi connectivity index (χ1n) is 7.85. The van der Waals surface area contributed by atoms with Crippen LogP contribution >= 0.6 is 0 Å². The lowest BCUT2D eigenvalue weighted by molar-refractivity contribution is 0.186. The van der Waals surface area contributed by atoms with E-state index in [1.165, 1.54) is 18.2 Å². The molecule has 1 atom stereocenters. The van der Waals surface area contributed by atoms with E-state index in [4.69, 9.17) is 21.7 Å². The Balaban J connectivity index is 0.000000181. The number of aliphatic hydroxyl groups excluding tert-OH is 1. The third-order valence-corrected chi connectivity index (χ3v) is 3.77. The third kappa shape index (κ3) is 4.63. The highest BCUT2D eigenvalue weighted by Gasteiger charge is 2.07. The standard InChI is InChI=1S/C10H12N2O.C8H11NO3/c11-4-3-7-6-12-10-2-1-8(13)5-9(7)10;9-4-8(12)5-1-2-6(10)7(11)3-5/h1-2,5-6,12-13H,3-4,11H2;1-3,8,10-12H,4,9H2/t;8-/m.1/s1. The van der Waals surface area contributed by atoms with Crippen molar-refractivity contribution in [3.05, 3.63) is 53.7 Å². The first-order chi connectivity index (χ1) is 12.0. The highest BCUT2D eigenvalue weighted by atomic mass is 16.3. The highest BCUT2D eigenvalue weighted by molar-refractivity contribution is 5.84. The molecule has 7 nitrogen and oxygen atoms in total. The maximum atomic E-state index is 9.30. The lowest BCUT2D eigenvalue weighted by Gasteiger charge is -2.08. The number of rotatable bonds is 4. The van der Waals surface area contributed by atoms with Gasteiger partial charge in [-0.15, -0.1) is 0 Å². The molecule has 2 aromatic carbocycles. The number of aromatic hydroxyl groups is 3. The van der Waals surface area contributed by atoms with Crippen LogP contribution in [0.25, 0.3) is 10.9 Å². The molecule has 0 aliphatic rings. The predicted molar refractivity (Wildman–Crippen MR) is 96.5 cm³/mol. The van der Waals surface area contributed by atoms with E-state index in [-0.39, 0.29) is 18.0 Å². The molecule has 0 saturated heterocycles. The Hall–Kier alpha value is -2.74. The van der Waals surface area contributed by atoms with Crippen molar-refractivity contribution >= 4 is 10.9 Å². The second-order valence-electron chi connectivity index (χ2n) is 5.58. The Morgan fingerprint density at radius 3 is 2.36 bits per heavy atom. The van der Waals surface area contributed by atoms with E-state index in [1.54, 1.807) is 12.1 Å². The van der Waals surface area contributed by atoms with Crippen molar-refractivity contribution in [1.29, 1.82) is 0 Å². The molecule has 3 rings (SSSR count). The fraction of sp³-hybridized carbons (Fsp3) is 0.222. The Morgan fingerprint density at radius 1 is 0.960 bits per heavy atom. The molecule has 0 radical (unpaired) electrons. The van der Waals surface area contributed by atoms with Crippen molar-refractivity contribution in [2.45, 2.75) is 12.5 Å². The molecule has 0 saturated carbocycles. The van der Waals surface area contributed by atoms with Crippen LogP contribution in [0.2, 0.25) is 0 Å². The molecule has 0 fully saturated rings. The van der Waals surface area contributed by atoms with Crippen molar-refractivity contribution in [3.8, 4) is 17.2 Å². The van der Waals surface area contributed by atoms with Crippen LogP contribution in [0.15, 0.2) is 42.6 Å². The number of H-pyrrole nitrogens is 1. The Morgan fingerprint density at radius 2 is 1.72 bits per heavy atom. The van der Waals surface area contributed by atoms with Crippen LogP contribution in [0.3, 0.4) is 0 Å². The van der Waals surface area contributed by atoms with Gasteiger partial charge in [0.1, 0.15) is 5.75 Å². The molecule has 25 heavy (non-hydrogen) atoms. The number of benzene rings is 2. The topological polar surface area (TPSA) is 149 Å². The van der Waals surface area contributed by atoms with Crippen molar-refractivity contribution in [1.82, 2.24) is 4.98 Å². The van der Waals surface area contributed by atoms with Crippen LogP contribution in [0.5, 0.6) is 17.2 Å². The van der Waals surface area contributed by atoms with Crippen molar-refractivity contribution < 1.29 is 20.4 Å². The quantitative estimate of drug-likeness (QED) is 0.356. The van der Waals surface area contributed by atoms with Gasteiger partial charge in [-0.1, -0.05) is 6.07 Å². The molecule has 0 unspecified atom stereocenters. The van der Waals surface area contributed by atoms with Crippen molar-refractivity contribution in [2.24, 2.45) is 11.5 Å². The van der Waals surface area contributed by atoms with Gasteiger partial charge < -0.3 is 36.9 Å². The lowest BCUT2D eigenvalue weighted by Crippen LogP contribution is -2.11. The Bertz CT molecular complexity index is 832. The summed E-state index contributed by atoms with van der Waals surface area (Å²) in [5, 5.41) is 37.6. The van der Waals surface area contributed by atoms with Crippen LogP contribution in [-0.4, -0.2) is 38.5 Å². The monoisotopic (exact) mass is 345 g/mol. The van der Waals surface area contributed by atoms with E-state index in [2.05, 4.69) is 4.98 Å². The van der Waals surface area contributed by atoms with E-state index in [9.17, 15) is 10.2 Å². The smallest absolute Gasteiger partial charge is 0.157 e. The summed E-state index contributed by atoms with van der Waals surface area (Å²) in [5.74, 6) is -0.159. The number of phenolic OH excluding ortho intramolecular Hbond substituents is 3. The van der Waals surface area contributed by atoms with Gasteiger partial charge in [0.2, 0.25) is 0 Å². The average Bonchev–Trinajstić information content (AvgIpc) is 3.00. The summed E-state index contributed by atoms with van der Waals surface area (Å²) in [4.78, 5) is 3.13. The van der Waals surface area contributed by atoms with E-state index < -0.39 is 6.10 Å². The summed E-state index contributed by atoms with van der Waals surface area (Å²) in [5.41, 5.74) is 13.4. The number of nitrogens with one attached hydrogen (secondary N) is 1. The summed E-state index contributed by atoms with van der Waals surface area (Å²) in [6.45, 7) is 0.715. The van der Waals surface area contributed by atoms with Crippen LogP contribution in [0, 0.1) is 0 Å². The number of fused-ring (bicyclic) bond motifs is 1. The van der Waals surface area contributed by atoms with Crippen LogP contribution in [0.1, 0.15) is 17.2 Å². The molecule has 9 N–H and O–H groups in total. The number of nitrogens with two attached hydrogens (primary N) is 2. The number of hydrogen-bond donors (Lipinski definition) is 7. The summed E-state index contributed by atoms with van der Waals surface area (Å²) in [7, 11) is 0. The number of phenols is 3. The van der Waals surface area contributed by atoms with E-state index >= 15 is 0 Å². The zero-order chi connectivity index (χ0) is 18.4. The maximum absolute atomic E-state index is 9.30. The maximum Gasteiger partial charge on any atom is 0.157 e. The second kappa shape index (κ2) is 8.39. The molecule has 0 aliphatic carbocycles. The van der Waals surface area contributed by atoms with Crippen LogP contribution < -0.4 is 11.5 Å². The Labute approximate surface area is 145 Å². The van der Waals surface area contributed by atoms with Gasteiger partial charge in [0.25, 0.3) is 0 Å². The van der Waals surface area contributed by atoms with Gasteiger partial charge in [0, 0.05) is 23.6 Å². The van der Waals surface area contributed by atoms with Gasteiger partial charge in [-0.05, 0) is 54.4 Å². The zero-order valence-electron chi connectivity index (χ0n) is 13.7. The SMILES string of the molecule is NCCc1c[nH]c2ccc(O)cc12.NC[C@@H](O)c1ccc(O)c(O)c1. The summed E-state index contributed by atoms with van der Waals surface area (Å²) >= 11 is 0. The van der Waals surface area contributed by atoms with Gasteiger partial charge in [-0.25, -0.2) is 0 Å². The number of aromatic nitrogens is 1. The molecular formula is C18H23N3O4. The fourth-order valence-electron chi connectivity index (χ4n) is 2.41. The van der Waals surface area contributed by atoms with Gasteiger partial charge in [-0.3, -0.25) is 0 Å². The zero-order valence-corrected chi connectivity index (χ0v) is 13.7. The molecule has 3 aromatic rings. The number of aromatic amines is 1. The van der Waals surface area contributed by atoms with E-state index in [0.717, 1.165) is 22.9 Å². The molecule has 0 spiro atoms. The largest absolute Gasteiger partial charge is 0.508 e. The van der Waals surface area contributed by atoms with E-state index in [1.807, 2.05) is 12.3 Å². The molecule has 134 valence electrons. The highest BCUT2D eigenvalue weighted by Crippen LogP contribution is 2.27. The lowest BCUT2D eigenvalue weighted by atomic mass is 10.1. The first kappa shape index (κ1) is 18.6. The van der Waals surface area contributed by atoms with Crippen molar-refractivity contribution in [3.63, 3.8) is 0 Å². The van der Waals surface area contributed by atoms with Crippen LogP contribution in [-0.2, 0) is 6.42 Å². The summed E-state index contributed by atoms with van der Waals surface area (Å²) in [6.07, 6.45) is 1.98. The molecule has 7 heteroatoms. The van der Waals surface area contributed by atoms with E-state index in [0.29, 0.717) is 17.9 Å². The third-order valence-electron chi connectivity index (χ3n) is 3.77. The fourth-order valence-corrected chi connectivity index (χ4v) is 2.41. The van der Waals surface area contributed by atoms with Crippen molar-refractivity contribution in [2.75, 3.05) is 13.1 Å². The predicted octanol–water partition coefficient (Wildman–Crippen LogP) is 1.46.